The number of aromatic nitrogens is 3. The zero-order valence-electron chi connectivity index (χ0n) is 16.8. The van der Waals surface area contributed by atoms with Crippen LogP contribution in [-0.4, -0.2) is 59.2 Å². The fraction of sp³-hybridized carbons (Fsp3) is 0.619. The maximum Gasteiger partial charge on any atom is 0.239 e. The van der Waals surface area contributed by atoms with Gasteiger partial charge < -0.3 is 14.7 Å². The quantitative estimate of drug-likeness (QED) is 0.682. The van der Waals surface area contributed by atoms with Crippen molar-refractivity contribution in [1.82, 2.24) is 14.8 Å². The summed E-state index contributed by atoms with van der Waals surface area (Å²) in [6, 6.07) is 2.15. The van der Waals surface area contributed by atoms with Crippen LogP contribution in [0.2, 0.25) is 5.15 Å². The highest BCUT2D eigenvalue weighted by Gasteiger charge is 2.37. The molecule has 0 radical (unpaired) electrons. The molecule has 30 heavy (non-hydrogen) atoms. The number of halogens is 3. The van der Waals surface area contributed by atoms with E-state index in [1.807, 2.05) is 23.1 Å². The topological polar surface area (TPSA) is 63.4 Å². The van der Waals surface area contributed by atoms with Crippen molar-refractivity contribution in [3.63, 3.8) is 0 Å². The van der Waals surface area contributed by atoms with Crippen molar-refractivity contribution in [2.45, 2.75) is 44.6 Å². The largest absolute Gasteiger partial charge is 0.396 e. The molecule has 0 atom stereocenters. The molecule has 0 aromatic carbocycles. The Balaban J connectivity index is 1.55. The molecule has 2 saturated heterocycles. The van der Waals surface area contributed by atoms with E-state index < -0.39 is 11.8 Å². The third-order valence-corrected chi connectivity index (χ3v) is 6.62. The molecular weight excluding hydrogens is 414 g/mol. The molecule has 9 heteroatoms. The highest BCUT2D eigenvalue weighted by Crippen LogP contribution is 2.41. The Morgan fingerprint density at radius 2 is 1.97 bits per heavy atom. The van der Waals surface area contributed by atoms with Gasteiger partial charge in [0.2, 0.25) is 6.43 Å². The van der Waals surface area contributed by atoms with E-state index in [0.29, 0.717) is 37.1 Å². The predicted molar refractivity (Wildman–Crippen MR) is 111 cm³/mol. The van der Waals surface area contributed by atoms with Crippen molar-refractivity contribution < 1.29 is 18.6 Å². The number of piperidine rings is 1. The molecule has 164 valence electrons. The highest BCUT2D eigenvalue weighted by atomic mass is 35.5. The number of aliphatic hydroxyl groups is 1. The molecule has 0 amide bonds. The molecule has 4 heterocycles. The SMILES string of the molecule is OCC1(CC(F)F)CCN(c2cc(Cl)ncc2-c2cnn(C3CCOCC3)c2)CC1. The standard InChI is InChI=1S/C21H27ClF2N4O2/c22-19-9-18(27-5-3-21(14-29,4-6-27)10-20(23)24)17(12-25-19)15-11-26-28(13-15)16-1-7-30-8-2-16/h9,11-13,16,20,29H,1-8,10,14H2. The van der Waals surface area contributed by atoms with Gasteiger partial charge in [0.25, 0.3) is 0 Å². The lowest BCUT2D eigenvalue weighted by molar-refractivity contribution is 0.0169. The summed E-state index contributed by atoms with van der Waals surface area (Å²) in [6.45, 7) is 2.43. The molecule has 4 rings (SSSR count). The Morgan fingerprint density at radius 3 is 2.63 bits per heavy atom. The van der Waals surface area contributed by atoms with Crippen molar-refractivity contribution in [3.05, 3.63) is 29.8 Å². The molecule has 0 aliphatic carbocycles. The molecule has 6 nitrogen and oxygen atoms in total. The van der Waals surface area contributed by atoms with Gasteiger partial charge in [-0.15, -0.1) is 0 Å². The first-order valence-corrected chi connectivity index (χ1v) is 10.8. The van der Waals surface area contributed by atoms with Gasteiger partial charge in [0.05, 0.1) is 12.2 Å². The zero-order valence-corrected chi connectivity index (χ0v) is 17.6. The third-order valence-electron chi connectivity index (χ3n) is 6.41. The van der Waals surface area contributed by atoms with Gasteiger partial charge in [0.1, 0.15) is 5.15 Å². The molecule has 0 spiro atoms. The number of aliphatic hydroxyl groups excluding tert-OH is 1. The first-order chi connectivity index (χ1) is 14.5. The summed E-state index contributed by atoms with van der Waals surface area (Å²) in [5.74, 6) is 0. The van der Waals surface area contributed by atoms with Crippen LogP contribution in [0.1, 0.15) is 38.1 Å². The van der Waals surface area contributed by atoms with E-state index in [2.05, 4.69) is 15.0 Å². The maximum absolute atomic E-state index is 13.0. The fourth-order valence-corrected chi connectivity index (χ4v) is 4.66. The van der Waals surface area contributed by atoms with Crippen LogP contribution in [0.4, 0.5) is 14.5 Å². The lowest BCUT2D eigenvalue weighted by Gasteiger charge is -2.42. The second-order valence-corrected chi connectivity index (χ2v) is 8.70. The summed E-state index contributed by atoms with van der Waals surface area (Å²) >= 11 is 6.19. The van der Waals surface area contributed by atoms with Gasteiger partial charge in [-0.2, -0.15) is 5.10 Å². The van der Waals surface area contributed by atoms with Crippen molar-refractivity contribution in [1.29, 1.82) is 0 Å². The predicted octanol–water partition coefficient (Wildman–Crippen LogP) is 4.18. The number of nitrogens with zero attached hydrogens (tertiary/aromatic N) is 4. The number of hydrogen-bond acceptors (Lipinski definition) is 5. The first-order valence-electron chi connectivity index (χ1n) is 10.4. The Bertz CT molecular complexity index is 849. The summed E-state index contributed by atoms with van der Waals surface area (Å²) < 4.78 is 33.4. The van der Waals surface area contributed by atoms with Gasteiger partial charge in [-0.05, 0) is 31.7 Å². The number of pyridine rings is 1. The van der Waals surface area contributed by atoms with Gasteiger partial charge in [0.15, 0.2) is 0 Å². The number of hydrogen-bond donors (Lipinski definition) is 1. The minimum Gasteiger partial charge on any atom is -0.396 e. The van der Waals surface area contributed by atoms with E-state index in [1.54, 1.807) is 6.20 Å². The molecule has 0 unspecified atom stereocenters. The number of rotatable bonds is 6. The van der Waals surface area contributed by atoms with Gasteiger partial charge in [0, 0.05) is 74.0 Å². The second kappa shape index (κ2) is 9.16. The maximum atomic E-state index is 13.0. The summed E-state index contributed by atoms with van der Waals surface area (Å²) in [7, 11) is 0. The van der Waals surface area contributed by atoms with Gasteiger partial charge in [-0.1, -0.05) is 11.6 Å². The van der Waals surface area contributed by atoms with E-state index in [-0.39, 0.29) is 13.0 Å². The molecule has 0 saturated carbocycles. The van der Waals surface area contributed by atoms with Crippen LogP contribution in [0.5, 0.6) is 0 Å². The van der Waals surface area contributed by atoms with E-state index in [4.69, 9.17) is 16.3 Å². The Morgan fingerprint density at radius 1 is 1.23 bits per heavy atom. The number of anilines is 1. The average Bonchev–Trinajstić information content (AvgIpc) is 3.24. The molecule has 2 fully saturated rings. The van der Waals surface area contributed by atoms with Crippen molar-refractivity contribution in [2.75, 3.05) is 37.8 Å². The minimum atomic E-state index is -2.41. The Kier molecular flexibility index (Phi) is 6.55. The summed E-state index contributed by atoms with van der Waals surface area (Å²) in [5.41, 5.74) is 2.08. The van der Waals surface area contributed by atoms with Crippen LogP contribution in [0.15, 0.2) is 24.7 Å². The van der Waals surface area contributed by atoms with Crippen LogP contribution < -0.4 is 4.90 Å². The van der Waals surface area contributed by atoms with Crippen LogP contribution in [0, 0.1) is 5.41 Å². The van der Waals surface area contributed by atoms with Gasteiger partial charge in [-0.3, -0.25) is 4.68 Å². The average molecular weight is 441 g/mol. The van der Waals surface area contributed by atoms with E-state index >= 15 is 0 Å². The molecule has 0 bridgehead atoms. The van der Waals surface area contributed by atoms with E-state index in [1.165, 1.54) is 0 Å². The van der Waals surface area contributed by atoms with Crippen molar-refractivity contribution in [2.24, 2.45) is 5.41 Å². The summed E-state index contributed by atoms with van der Waals surface area (Å²) in [4.78, 5) is 6.41. The molecule has 2 aliphatic rings. The lowest BCUT2D eigenvalue weighted by atomic mass is 9.76. The summed E-state index contributed by atoms with van der Waals surface area (Å²) in [6.07, 6.45) is 5.83. The van der Waals surface area contributed by atoms with Crippen LogP contribution in [0.25, 0.3) is 11.1 Å². The molecule has 1 N–H and O–H groups in total. The molecule has 2 aliphatic heterocycles. The molecule has 2 aromatic rings. The van der Waals surface area contributed by atoms with Crippen LogP contribution >= 0.6 is 11.6 Å². The Labute approximate surface area is 179 Å². The zero-order chi connectivity index (χ0) is 21.1. The number of alkyl halides is 2. The normalized spacial score (nSPS) is 20.1. The third kappa shape index (κ3) is 4.60. The van der Waals surface area contributed by atoms with Crippen LogP contribution in [-0.2, 0) is 4.74 Å². The number of ether oxygens (including phenoxy) is 1. The van der Waals surface area contributed by atoms with E-state index in [0.717, 1.165) is 42.9 Å². The first kappa shape index (κ1) is 21.5. The van der Waals surface area contributed by atoms with Crippen LogP contribution in [0.3, 0.4) is 0 Å². The fourth-order valence-electron chi connectivity index (χ4n) is 4.51. The minimum absolute atomic E-state index is 0.215. The smallest absolute Gasteiger partial charge is 0.239 e. The molecule has 2 aromatic heterocycles. The monoisotopic (exact) mass is 440 g/mol. The van der Waals surface area contributed by atoms with Gasteiger partial charge in [-0.25, -0.2) is 13.8 Å². The van der Waals surface area contributed by atoms with Crippen molar-refractivity contribution >= 4 is 17.3 Å². The lowest BCUT2D eigenvalue weighted by Crippen LogP contribution is -2.43. The van der Waals surface area contributed by atoms with Gasteiger partial charge >= 0.3 is 0 Å². The highest BCUT2D eigenvalue weighted by molar-refractivity contribution is 6.29. The Hall–Kier alpha value is -1.77. The second-order valence-electron chi connectivity index (χ2n) is 8.32. The summed E-state index contributed by atoms with van der Waals surface area (Å²) in [5, 5.41) is 14.7. The molecular formula is C21H27ClF2N4O2. The van der Waals surface area contributed by atoms with Crippen molar-refractivity contribution in [3.8, 4) is 11.1 Å². The van der Waals surface area contributed by atoms with E-state index in [9.17, 15) is 13.9 Å².